The number of ether oxygens (including phenoxy) is 3. The van der Waals surface area contributed by atoms with Crippen molar-refractivity contribution in [3.63, 3.8) is 0 Å². The summed E-state index contributed by atoms with van der Waals surface area (Å²) < 4.78 is 16.9. The van der Waals surface area contributed by atoms with Crippen molar-refractivity contribution in [2.75, 3.05) is 13.2 Å². The molecule has 6 nitrogen and oxygen atoms in total. The highest BCUT2D eigenvalue weighted by Gasteiger charge is 2.19. The first kappa shape index (κ1) is 76.8. The first-order chi connectivity index (χ1) is 40.5. The lowest BCUT2D eigenvalue weighted by Crippen LogP contribution is -2.30. The molecule has 0 radical (unpaired) electrons. The van der Waals surface area contributed by atoms with Crippen LogP contribution in [0.15, 0.2) is 170 Å². The van der Waals surface area contributed by atoms with Gasteiger partial charge in [0, 0.05) is 19.3 Å². The van der Waals surface area contributed by atoms with Gasteiger partial charge in [-0.05, 0) is 148 Å². The fourth-order valence-corrected chi connectivity index (χ4v) is 8.55. The molecule has 0 spiro atoms. The number of carbonyl (C=O) groups excluding carboxylic acids is 3. The van der Waals surface area contributed by atoms with Gasteiger partial charge in [0.05, 0.1) is 0 Å². The van der Waals surface area contributed by atoms with Crippen LogP contribution < -0.4 is 0 Å². The van der Waals surface area contributed by atoms with Crippen molar-refractivity contribution in [3.05, 3.63) is 170 Å². The molecule has 0 N–H and O–H groups in total. The minimum atomic E-state index is -0.811. The summed E-state index contributed by atoms with van der Waals surface area (Å²) in [4.78, 5) is 38.3. The van der Waals surface area contributed by atoms with Crippen LogP contribution in [0.25, 0.3) is 0 Å². The number of esters is 3. The molecular weight excluding hydrogens is 1010 g/mol. The molecule has 0 aromatic heterocycles. The van der Waals surface area contributed by atoms with Gasteiger partial charge in [0.25, 0.3) is 0 Å². The fourth-order valence-electron chi connectivity index (χ4n) is 8.55. The van der Waals surface area contributed by atoms with E-state index >= 15 is 0 Å². The molecule has 82 heavy (non-hydrogen) atoms. The number of allylic oxidation sites excluding steroid dienone is 28. The molecule has 0 fully saturated rings. The van der Waals surface area contributed by atoms with E-state index in [0.717, 1.165) is 154 Å². The quantitative estimate of drug-likeness (QED) is 0.0261. The second-order valence-electron chi connectivity index (χ2n) is 21.3. The van der Waals surface area contributed by atoms with Crippen molar-refractivity contribution < 1.29 is 28.6 Å². The first-order valence-electron chi connectivity index (χ1n) is 33.1. The minimum absolute atomic E-state index is 0.104. The maximum atomic E-state index is 12.9. The molecule has 0 amide bonds. The molecule has 0 aromatic carbocycles. The van der Waals surface area contributed by atoms with Gasteiger partial charge in [-0.1, -0.05) is 274 Å². The average molecular weight is 1130 g/mol. The van der Waals surface area contributed by atoms with E-state index in [9.17, 15) is 14.4 Å². The summed E-state index contributed by atoms with van der Waals surface area (Å²) in [5.74, 6) is -0.967. The standard InChI is InChI=1S/C76H120O6/c1-4-7-10-13-16-19-22-24-26-28-30-32-34-36-38-40-42-44-46-48-50-52-54-57-60-63-66-69-75(78)81-72-73(71-80-74(77)68-65-62-59-56-21-18-15-12-9-6-3)82-76(79)70-67-64-61-58-55-53-51-49-47-45-43-41-39-37-35-33-31-29-27-25-23-20-17-14-11-8-5-2/h7-8,10-12,15-17,19-20,24-27,30-33,36-39,42,44,48,50,54,57,73H,4-6,9,13-14,18,21-23,28-29,34-35,40-41,43,45-47,49,51-53,55-56,58-72H2,1-3H3/b10-7-,11-8-,15-12-,19-16-,20-17-,26-24-,27-25-,32-30-,33-31-,38-36-,39-37-,44-42-,50-48-,57-54-. The topological polar surface area (TPSA) is 78.9 Å². The molecule has 0 saturated carbocycles. The second kappa shape index (κ2) is 68.3. The van der Waals surface area contributed by atoms with E-state index in [1.165, 1.54) is 70.6 Å². The summed E-state index contributed by atoms with van der Waals surface area (Å²) >= 11 is 0. The molecule has 0 heterocycles. The molecule has 0 rings (SSSR count). The second-order valence-corrected chi connectivity index (χ2v) is 21.3. The van der Waals surface area contributed by atoms with Gasteiger partial charge in [0.2, 0.25) is 0 Å². The van der Waals surface area contributed by atoms with E-state index in [2.05, 4.69) is 191 Å². The number of hydrogen-bond acceptors (Lipinski definition) is 6. The van der Waals surface area contributed by atoms with Crippen LogP contribution in [0.1, 0.15) is 271 Å². The highest BCUT2D eigenvalue weighted by Crippen LogP contribution is 2.15. The Balaban J connectivity index is 4.36. The van der Waals surface area contributed by atoms with Gasteiger partial charge in [0.15, 0.2) is 6.10 Å². The molecule has 1 unspecified atom stereocenters. The van der Waals surface area contributed by atoms with Crippen LogP contribution in [0.3, 0.4) is 0 Å². The Morgan fingerprint density at radius 2 is 0.476 bits per heavy atom. The maximum absolute atomic E-state index is 12.9. The van der Waals surface area contributed by atoms with Gasteiger partial charge >= 0.3 is 17.9 Å². The number of carbonyl (C=O) groups is 3. The van der Waals surface area contributed by atoms with Crippen LogP contribution in [0.4, 0.5) is 0 Å². The van der Waals surface area contributed by atoms with E-state index in [4.69, 9.17) is 14.2 Å². The molecule has 1 atom stereocenters. The molecule has 0 bridgehead atoms. The van der Waals surface area contributed by atoms with E-state index in [-0.39, 0.29) is 31.1 Å². The van der Waals surface area contributed by atoms with E-state index in [0.29, 0.717) is 25.7 Å². The normalized spacial score (nSPS) is 13.3. The van der Waals surface area contributed by atoms with Crippen molar-refractivity contribution in [3.8, 4) is 0 Å². The van der Waals surface area contributed by atoms with E-state index in [1.807, 2.05) is 0 Å². The third kappa shape index (κ3) is 65.6. The lowest BCUT2D eigenvalue weighted by Gasteiger charge is -2.18. The molecule has 6 heteroatoms. The maximum Gasteiger partial charge on any atom is 0.306 e. The highest BCUT2D eigenvalue weighted by atomic mass is 16.6. The molecule has 0 aromatic rings. The fraction of sp³-hybridized carbons (Fsp3) is 0.592. The summed E-state index contributed by atoms with van der Waals surface area (Å²) in [6.45, 7) is 6.30. The summed E-state index contributed by atoms with van der Waals surface area (Å²) in [6.07, 6.45) is 101. The summed E-state index contributed by atoms with van der Waals surface area (Å²) in [7, 11) is 0. The molecule has 0 aliphatic carbocycles. The largest absolute Gasteiger partial charge is 0.462 e. The van der Waals surface area contributed by atoms with Crippen LogP contribution >= 0.6 is 0 Å². The Kier molecular flexibility index (Phi) is 63.9. The smallest absolute Gasteiger partial charge is 0.306 e. The Bertz CT molecular complexity index is 1870. The lowest BCUT2D eigenvalue weighted by molar-refractivity contribution is -0.167. The third-order valence-corrected chi connectivity index (χ3v) is 13.4. The van der Waals surface area contributed by atoms with Gasteiger partial charge in [-0.3, -0.25) is 14.4 Å². The van der Waals surface area contributed by atoms with E-state index in [1.54, 1.807) is 0 Å². The van der Waals surface area contributed by atoms with Crippen LogP contribution in [0.5, 0.6) is 0 Å². The van der Waals surface area contributed by atoms with Crippen LogP contribution in [-0.2, 0) is 28.6 Å². The predicted octanol–water partition coefficient (Wildman–Crippen LogP) is 23.0. The van der Waals surface area contributed by atoms with Crippen molar-refractivity contribution >= 4 is 17.9 Å². The summed E-state index contributed by atoms with van der Waals surface area (Å²) in [6, 6.07) is 0. The van der Waals surface area contributed by atoms with Gasteiger partial charge in [-0.15, -0.1) is 0 Å². The molecule has 0 aliphatic heterocycles. The zero-order chi connectivity index (χ0) is 59.2. The van der Waals surface area contributed by atoms with Crippen LogP contribution in [0.2, 0.25) is 0 Å². The Morgan fingerprint density at radius 1 is 0.256 bits per heavy atom. The Morgan fingerprint density at radius 3 is 0.780 bits per heavy atom. The monoisotopic (exact) mass is 1130 g/mol. The number of rotatable bonds is 58. The minimum Gasteiger partial charge on any atom is -0.462 e. The van der Waals surface area contributed by atoms with Gasteiger partial charge in [0.1, 0.15) is 13.2 Å². The first-order valence-corrected chi connectivity index (χ1v) is 33.1. The summed E-state index contributed by atoms with van der Waals surface area (Å²) in [5, 5.41) is 0. The van der Waals surface area contributed by atoms with E-state index < -0.39 is 6.10 Å². The van der Waals surface area contributed by atoms with Crippen molar-refractivity contribution in [1.29, 1.82) is 0 Å². The lowest BCUT2D eigenvalue weighted by atomic mass is 10.0. The van der Waals surface area contributed by atoms with Crippen molar-refractivity contribution in [2.24, 2.45) is 0 Å². The van der Waals surface area contributed by atoms with Gasteiger partial charge < -0.3 is 14.2 Å². The van der Waals surface area contributed by atoms with Crippen LogP contribution in [0, 0.1) is 0 Å². The SMILES string of the molecule is CC/C=C\C/C=C\C/C=C\C/C=C\C/C=C\C/C=C\C/C=C\C/C=C\CCCCC(=O)OCC(COC(=O)CCCCCCC/C=C\CCC)OC(=O)CCCCCCCCCCCCC/C=C\C/C=C\C/C=C\C/C=C\C/C=C\CC. The summed E-state index contributed by atoms with van der Waals surface area (Å²) in [5.41, 5.74) is 0. The van der Waals surface area contributed by atoms with Gasteiger partial charge in [-0.2, -0.15) is 0 Å². The highest BCUT2D eigenvalue weighted by molar-refractivity contribution is 5.71. The number of hydrogen-bond donors (Lipinski definition) is 0. The zero-order valence-electron chi connectivity index (χ0n) is 52.7. The molecule has 460 valence electrons. The van der Waals surface area contributed by atoms with Crippen molar-refractivity contribution in [2.45, 2.75) is 277 Å². The average Bonchev–Trinajstić information content (AvgIpc) is 3.48. The van der Waals surface area contributed by atoms with Crippen molar-refractivity contribution in [1.82, 2.24) is 0 Å². The van der Waals surface area contributed by atoms with Gasteiger partial charge in [-0.25, -0.2) is 0 Å². The third-order valence-electron chi connectivity index (χ3n) is 13.4. The Labute approximate surface area is 504 Å². The molecule has 0 saturated heterocycles. The Hall–Kier alpha value is -5.23. The number of unbranched alkanes of at least 4 members (excludes halogenated alkanes) is 19. The predicted molar refractivity (Wildman–Crippen MR) is 357 cm³/mol. The molecule has 0 aliphatic rings. The zero-order valence-corrected chi connectivity index (χ0v) is 52.7. The van der Waals surface area contributed by atoms with Crippen LogP contribution in [-0.4, -0.2) is 37.2 Å². The molecular formula is C76H120O6.